The van der Waals surface area contributed by atoms with Gasteiger partial charge >= 0.3 is 0 Å². The van der Waals surface area contributed by atoms with Crippen molar-refractivity contribution in [3.8, 4) is 0 Å². The summed E-state index contributed by atoms with van der Waals surface area (Å²) in [7, 11) is 1.73. The Morgan fingerprint density at radius 3 is 2.55 bits per heavy atom. The molecule has 1 saturated carbocycles. The zero-order valence-corrected chi connectivity index (χ0v) is 7.10. The van der Waals surface area contributed by atoms with Crippen LogP contribution in [0.25, 0.3) is 0 Å². The summed E-state index contributed by atoms with van der Waals surface area (Å²) in [6.07, 6.45) is 7.60. The lowest BCUT2D eigenvalue weighted by atomic mass is 9.96. The van der Waals surface area contributed by atoms with Crippen LogP contribution in [0.1, 0.15) is 38.5 Å². The van der Waals surface area contributed by atoms with E-state index in [-0.39, 0.29) is 0 Å². The van der Waals surface area contributed by atoms with Gasteiger partial charge in [0.25, 0.3) is 0 Å². The number of hydrogen-bond acceptors (Lipinski definition) is 2. The van der Waals surface area contributed by atoms with E-state index in [1.165, 1.54) is 32.1 Å². The van der Waals surface area contributed by atoms with E-state index in [1.54, 1.807) is 7.11 Å². The molecule has 0 amide bonds. The molecule has 1 spiro atoms. The van der Waals surface area contributed by atoms with E-state index >= 15 is 0 Å². The minimum atomic E-state index is 0.325. The van der Waals surface area contributed by atoms with Crippen LogP contribution in [0.5, 0.6) is 0 Å². The smallest absolute Gasteiger partial charge is 0.183 e. The predicted octanol–water partition coefficient (Wildman–Crippen LogP) is 2.14. The van der Waals surface area contributed by atoms with Crippen LogP contribution in [0, 0.1) is 0 Å². The van der Waals surface area contributed by atoms with Gasteiger partial charge in [-0.3, -0.25) is 0 Å². The fourth-order valence-electron chi connectivity index (χ4n) is 2.26. The van der Waals surface area contributed by atoms with Crippen molar-refractivity contribution in [2.75, 3.05) is 7.11 Å². The molecule has 2 aliphatic rings. The van der Waals surface area contributed by atoms with E-state index in [1.807, 2.05) is 0 Å². The monoisotopic (exact) mass is 153 g/mol. The van der Waals surface area contributed by atoms with Crippen LogP contribution in [0.4, 0.5) is 0 Å². The van der Waals surface area contributed by atoms with Crippen molar-refractivity contribution in [1.29, 1.82) is 0 Å². The maximum absolute atomic E-state index is 5.15. The molecule has 11 heavy (non-hydrogen) atoms. The Balaban J connectivity index is 2.11. The average molecular weight is 153 g/mol. The molecular weight excluding hydrogens is 138 g/mol. The summed E-state index contributed by atoms with van der Waals surface area (Å²) >= 11 is 0. The van der Waals surface area contributed by atoms with E-state index in [4.69, 9.17) is 4.74 Å². The minimum absolute atomic E-state index is 0.325. The van der Waals surface area contributed by atoms with Gasteiger partial charge in [-0.2, -0.15) is 0 Å². The van der Waals surface area contributed by atoms with E-state index < -0.39 is 0 Å². The number of rotatable bonds is 0. The minimum Gasteiger partial charge on any atom is -0.484 e. The second-order valence-corrected chi connectivity index (χ2v) is 3.64. The number of ether oxygens (including phenoxy) is 1. The van der Waals surface area contributed by atoms with E-state index in [0.29, 0.717) is 5.54 Å². The van der Waals surface area contributed by atoms with E-state index in [0.717, 1.165) is 12.3 Å². The van der Waals surface area contributed by atoms with Crippen LogP contribution in [0.3, 0.4) is 0 Å². The van der Waals surface area contributed by atoms with Gasteiger partial charge in [0.2, 0.25) is 0 Å². The molecule has 0 aromatic carbocycles. The molecule has 1 fully saturated rings. The first kappa shape index (κ1) is 7.14. The van der Waals surface area contributed by atoms with Crippen LogP contribution < -0.4 is 0 Å². The van der Waals surface area contributed by atoms with Crippen molar-refractivity contribution in [3.63, 3.8) is 0 Å². The Morgan fingerprint density at radius 1 is 1.27 bits per heavy atom. The summed E-state index contributed by atoms with van der Waals surface area (Å²) < 4.78 is 5.15. The molecule has 1 aliphatic heterocycles. The van der Waals surface area contributed by atoms with Crippen LogP contribution in [0.2, 0.25) is 0 Å². The van der Waals surface area contributed by atoms with Crippen molar-refractivity contribution in [2.24, 2.45) is 4.99 Å². The molecule has 0 radical (unpaired) electrons. The average Bonchev–Trinajstić information content (AvgIpc) is 2.62. The quantitative estimate of drug-likeness (QED) is 0.522. The molecule has 0 bridgehead atoms. The normalized spacial score (nSPS) is 27.5. The second-order valence-electron chi connectivity index (χ2n) is 3.64. The fraction of sp³-hybridized carbons (Fsp3) is 0.889. The Kier molecular flexibility index (Phi) is 1.63. The Labute approximate surface area is 67.7 Å². The number of aliphatic imine (C=N–C) groups is 1. The molecular formula is C9H15NO. The highest BCUT2D eigenvalue weighted by Crippen LogP contribution is 2.40. The first-order chi connectivity index (χ1) is 5.35. The van der Waals surface area contributed by atoms with Gasteiger partial charge in [0.05, 0.1) is 12.6 Å². The summed E-state index contributed by atoms with van der Waals surface area (Å²) in [5.41, 5.74) is 0.325. The zero-order chi connectivity index (χ0) is 7.73. The van der Waals surface area contributed by atoms with Gasteiger partial charge in [-0.25, -0.2) is 4.99 Å². The molecule has 0 N–H and O–H groups in total. The standard InChI is InChI=1S/C9H15NO/c1-11-8-4-7-9(10-8)5-2-3-6-9/h2-7H2,1H3. The highest BCUT2D eigenvalue weighted by Gasteiger charge is 2.37. The summed E-state index contributed by atoms with van der Waals surface area (Å²) in [4.78, 5) is 4.63. The Hall–Kier alpha value is -0.530. The third kappa shape index (κ3) is 1.15. The van der Waals surface area contributed by atoms with Crippen LogP contribution in [-0.2, 0) is 4.74 Å². The van der Waals surface area contributed by atoms with Gasteiger partial charge in [0.1, 0.15) is 0 Å². The van der Waals surface area contributed by atoms with E-state index in [2.05, 4.69) is 4.99 Å². The lowest BCUT2D eigenvalue weighted by Crippen LogP contribution is -2.17. The first-order valence-electron chi connectivity index (χ1n) is 4.47. The van der Waals surface area contributed by atoms with Gasteiger partial charge in [0.15, 0.2) is 5.90 Å². The van der Waals surface area contributed by atoms with Crippen molar-refractivity contribution < 1.29 is 4.74 Å². The second kappa shape index (κ2) is 2.50. The highest BCUT2D eigenvalue weighted by atomic mass is 16.5. The van der Waals surface area contributed by atoms with Crippen LogP contribution >= 0.6 is 0 Å². The number of nitrogens with zero attached hydrogens (tertiary/aromatic N) is 1. The van der Waals surface area contributed by atoms with Crippen molar-refractivity contribution in [3.05, 3.63) is 0 Å². The van der Waals surface area contributed by atoms with E-state index in [9.17, 15) is 0 Å². The number of hydrogen-bond donors (Lipinski definition) is 0. The first-order valence-corrected chi connectivity index (χ1v) is 4.47. The van der Waals surface area contributed by atoms with Crippen molar-refractivity contribution >= 4 is 5.90 Å². The molecule has 0 atom stereocenters. The summed E-state index contributed by atoms with van der Waals surface area (Å²) in [6, 6.07) is 0. The number of methoxy groups -OCH3 is 1. The molecule has 1 heterocycles. The zero-order valence-electron chi connectivity index (χ0n) is 7.10. The highest BCUT2D eigenvalue weighted by molar-refractivity contribution is 5.78. The molecule has 0 unspecified atom stereocenters. The molecule has 62 valence electrons. The SMILES string of the molecule is COC1=NC2(CCCC2)CC1. The van der Waals surface area contributed by atoms with Crippen LogP contribution in [0.15, 0.2) is 4.99 Å². The predicted molar refractivity (Wildman–Crippen MR) is 44.9 cm³/mol. The molecule has 0 aromatic rings. The van der Waals surface area contributed by atoms with Crippen molar-refractivity contribution in [1.82, 2.24) is 0 Å². The largest absolute Gasteiger partial charge is 0.484 e. The lowest BCUT2D eigenvalue weighted by Gasteiger charge is -2.16. The molecule has 2 heteroatoms. The molecule has 0 aromatic heterocycles. The lowest BCUT2D eigenvalue weighted by molar-refractivity contribution is 0.394. The summed E-state index contributed by atoms with van der Waals surface area (Å²) in [5.74, 6) is 0.979. The van der Waals surface area contributed by atoms with Gasteiger partial charge in [-0.05, 0) is 19.3 Å². The van der Waals surface area contributed by atoms with Crippen LogP contribution in [-0.4, -0.2) is 18.5 Å². The third-order valence-corrected chi connectivity index (χ3v) is 2.94. The van der Waals surface area contributed by atoms with Gasteiger partial charge in [-0.15, -0.1) is 0 Å². The molecule has 0 saturated heterocycles. The van der Waals surface area contributed by atoms with Gasteiger partial charge in [0, 0.05) is 6.42 Å². The maximum Gasteiger partial charge on any atom is 0.183 e. The third-order valence-electron chi connectivity index (χ3n) is 2.94. The summed E-state index contributed by atoms with van der Waals surface area (Å²) in [6.45, 7) is 0. The maximum atomic E-state index is 5.15. The molecule has 1 aliphatic carbocycles. The van der Waals surface area contributed by atoms with Gasteiger partial charge < -0.3 is 4.74 Å². The topological polar surface area (TPSA) is 21.6 Å². The molecule has 2 nitrogen and oxygen atoms in total. The molecule has 2 rings (SSSR count). The Morgan fingerprint density at radius 2 is 2.00 bits per heavy atom. The van der Waals surface area contributed by atoms with Crippen molar-refractivity contribution in [2.45, 2.75) is 44.1 Å². The Bertz CT molecular complexity index is 180. The van der Waals surface area contributed by atoms with Gasteiger partial charge in [-0.1, -0.05) is 12.8 Å². The summed E-state index contributed by atoms with van der Waals surface area (Å²) in [5, 5.41) is 0. The fourth-order valence-corrected chi connectivity index (χ4v) is 2.26.